The van der Waals surface area contributed by atoms with E-state index < -0.39 is 0 Å². The van der Waals surface area contributed by atoms with Gasteiger partial charge in [-0.2, -0.15) is 0 Å². The predicted molar refractivity (Wildman–Crippen MR) is 53.3 cm³/mol. The zero-order valence-electron chi connectivity index (χ0n) is 7.72. The van der Waals surface area contributed by atoms with Crippen molar-refractivity contribution in [3.8, 4) is 0 Å². The Bertz CT molecular complexity index is 275. The van der Waals surface area contributed by atoms with Crippen LogP contribution in [0.2, 0.25) is 0 Å². The second-order valence-electron chi connectivity index (χ2n) is 3.70. The molecule has 0 aromatic heterocycles. The molecule has 1 nitrogen and oxygen atoms in total. The fraction of sp³-hybridized carbons (Fsp3) is 0.455. The van der Waals surface area contributed by atoms with Crippen molar-refractivity contribution < 1.29 is 1.43 Å². The zero-order valence-corrected chi connectivity index (χ0v) is 7.72. The maximum Gasteiger partial charge on any atom is 0.0433 e. The second kappa shape index (κ2) is 2.60. The van der Waals surface area contributed by atoms with Gasteiger partial charge < -0.3 is 5.32 Å². The van der Waals surface area contributed by atoms with Crippen LogP contribution >= 0.6 is 0 Å². The summed E-state index contributed by atoms with van der Waals surface area (Å²) in [6.45, 7) is 2.13. The fourth-order valence-corrected chi connectivity index (χ4v) is 1.68. The molecule has 0 radical (unpaired) electrons. The molecule has 1 aliphatic rings. The number of nitrogens with one attached hydrogen (secondary N) is 1. The molecule has 1 N–H and O–H groups in total. The summed E-state index contributed by atoms with van der Waals surface area (Å²) in [5, 5.41) is 3.39. The Morgan fingerprint density at radius 1 is 1.25 bits per heavy atom. The molecule has 0 heterocycles. The lowest BCUT2D eigenvalue weighted by Gasteiger charge is -2.14. The highest BCUT2D eigenvalue weighted by Crippen LogP contribution is 2.44. The van der Waals surface area contributed by atoms with Crippen LogP contribution in [0, 0.1) is 6.92 Å². The number of aryl methyl sites for hydroxylation is 1. The van der Waals surface area contributed by atoms with Crippen molar-refractivity contribution in [2.45, 2.75) is 25.3 Å². The fourth-order valence-electron chi connectivity index (χ4n) is 1.68. The van der Waals surface area contributed by atoms with Gasteiger partial charge in [0.1, 0.15) is 0 Å². The monoisotopic (exact) mass is 163 g/mol. The van der Waals surface area contributed by atoms with E-state index in [2.05, 4.69) is 36.5 Å². The van der Waals surface area contributed by atoms with Gasteiger partial charge in [-0.15, -0.1) is 0 Å². The lowest BCUT2D eigenvalue weighted by atomic mass is 10.0. The van der Waals surface area contributed by atoms with Crippen molar-refractivity contribution in [2.24, 2.45) is 0 Å². The predicted octanol–water partition coefficient (Wildman–Crippen LogP) is 2.45. The standard InChI is InChI=1S/C11H15N.H2/c1-9-3-5-10(6-4-9)11(12-2)7-8-11;/h3-6,12H,7-8H2,1-2H3;1H. The average Bonchev–Trinajstić information content (AvgIpc) is 2.86. The van der Waals surface area contributed by atoms with Crippen molar-refractivity contribution in [2.75, 3.05) is 7.05 Å². The molecule has 0 saturated heterocycles. The summed E-state index contributed by atoms with van der Waals surface area (Å²) in [6, 6.07) is 8.84. The van der Waals surface area contributed by atoms with Gasteiger partial charge in [0.15, 0.2) is 0 Å². The highest BCUT2D eigenvalue weighted by molar-refractivity contribution is 5.32. The van der Waals surface area contributed by atoms with Crippen molar-refractivity contribution in [1.29, 1.82) is 0 Å². The number of hydrogen-bond donors (Lipinski definition) is 1. The molecule has 1 aliphatic carbocycles. The smallest absolute Gasteiger partial charge is 0.0433 e. The molecule has 2 rings (SSSR count). The van der Waals surface area contributed by atoms with Crippen molar-refractivity contribution >= 4 is 0 Å². The summed E-state index contributed by atoms with van der Waals surface area (Å²) in [4.78, 5) is 0. The lowest BCUT2D eigenvalue weighted by Crippen LogP contribution is -2.24. The number of benzene rings is 1. The SMILES string of the molecule is CNC1(c2ccc(C)cc2)CC1.[HH]. The maximum atomic E-state index is 3.39. The molecule has 66 valence electrons. The molecule has 1 heteroatoms. The molecule has 0 atom stereocenters. The summed E-state index contributed by atoms with van der Waals surface area (Å²) >= 11 is 0. The quantitative estimate of drug-likeness (QED) is 0.706. The minimum absolute atomic E-state index is 0. The van der Waals surface area contributed by atoms with Gasteiger partial charge in [0.2, 0.25) is 0 Å². The van der Waals surface area contributed by atoms with E-state index in [0.29, 0.717) is 5.54 Å². The summed E-state index contributed by atoms with van der Waals surface area (Å²) < 4.78 is 0. The largest absolute Gasteiger partial charge is 0.310 e. The Morgan fingerprint density at radius 2 is 1.83 bits per heavy atom. The van der Waals surface area contributed by atoms with E-state index in [0.717, 1.165) is 0 Å². The van der Waals surface area contributed by atoms with Gasteiger partial charge in [-0.3, -0.25) is 0 Å². The van der Waals surface area contributed by atoms with Crippen LogP contribution in [-0.4, -0.2) is 7.05 Å². The molecule has 0 spiro atoms. The first kappa shape index (κ1) is 7.81. The van der Waals surface area contributed by atoms with Crippen LogP contribution in [0.3, 0.4) is 0 Å². The van der Waals surface area contributed by atoms with Crippen LogP contribution in [0.4, 0.5) is 0 Å². The van der Waals surface area contributed by atoms with Gasteiger partial charge in [-0.05, 0) is 32.4 Å². The van der Waals surface area contributed by atoms with E-state index in [4.69, 9.17) is 0 Å². The van der Waals surface area contributed by atoms with E-state index in [1.54, 1.807) is 0 Å². The molecule has 0 bridgehead atoms. The van der Waals surface area contributed by atoms with Gasteiger partial charge in [-0.1, -0.05) is 29.8 Å². The highest BCUT2D eigenvalue weighted by Gasteiger charge is 2.42. The van der Waals surface area contributed by atoms with Crippen LogP contribution in [0.15, 0.2) is 24.3 Å². The Balaban J connectivity index is 0.000000845. The van der Waals surface area contributed by atoms with Gasteiger partial charge in [0, 0.05) is 6.97 Å². The Labute approximate surface area is 75.3 Å². The average molecular weight is 163 g/mol. The zero-order chi connectivity index (χ0) is 8.60. The number of hydrogen-bond acceptors (Lipinski definition) is 1. The van der Waals surface area contributed by atoms with Gasteiger partial charge in [-0.25, -0.2) is 0 Å². The minimum atomic E-state index is 0. The molecular weight excluding hydrogens is 146 g/mol. The molecule has 12 heavy (non-hydrogen) atoms. The van der Waals surface area contributed by atoms with Gasteiger partial charge in [0.05, 0.1) is 0 Å². The van der Waals surface area contributed by atoms with Crippen LogP contribution in [-0.2, 0) is 5.54 Å². The van der Waals surface area contributed by atoms with E-state index in [-0.39, 0.29) is 1.43 Å². The second-order valence-corrected chi connectivity index (χ2v) is 3.70. The first-order chi connectivity index (χ1) is 5.77. The minimum Gasteiger partial charge on any atom is -0.310 e. The molecule has 1 aromatic carbocycles. The molecule has 0 aliphatic heterocycles. The third-order valence-corrected chi connectivity index (χ3v) is 2.83. The third-order valence-electron chi connectivity index (χ3n) is 2.83. The summed E-state index contributed by atoms with van der Waals surface area (Å²) in [5.41, 5.74) is 3.11. The van der Waals surface area contributed by atoms with Crippen LogP contribution in [0.5, 0.6) is 0 Å². The Kier molecular flexibility index (Phi) is 1.69. The third kappa shape index (κ3) is 1.14. The van der Waals surface area contributed by atoms with Crippen molar-refractivity contribution in [3.05, 3.63) is 35.4 Å². The molecule has 1 aromatic rings. The molecule has 1 saturated carbocycles. The Morgan fingerprint density at radius 3 is 2.25 bits per heavy atom. The topological polar surface area (TPSA) is 12.0 Å². The number of rotatable bonds is 2. The summed E-state index contributed by atoms with van der Waals surface area (Å²) in [6.07, 6.45) is 2.57. The first-order valence-electron chi connectivity index (χ1n) is 4.53. The molecule has 0 unspecified atom stereocenters. The summed E-state index contributed by atoms with van der Waals surface area (Å²) in [7, 11) is 2.05. The van der Waals surface area contributed by atoms with E-state index >= 15 is 0 Å². The summed E-state index contributed by atoms with van der Waals surface area (Å²) in [5.74, 6) is 0. The van der Waals surface area contributed by atoms with E-state index in [1.165, 1.54) is 24.0 Å². The molecular formula is C11H17N. The van der Waals surface area contributed by atoms with Gasteiger partial charge in [0.25, 0.3) is 0 Å². The van der Waals surface area contributed by atoms with Crippen LogP contribution in [0.25, 0.3) is 0 Å². The van der Waals surface area contributed by atoms with E-state index in [1.807, 2.05) is 7.05 Å². The Hall–Kier alpha value is -0.820. The highest BCUT2D eigenvalue weighted by atomic mass is 15.0. The molecule has 0 amide bonds. The molecule has 1 fully saturated rings. The first-order valence-corrected chi connectivity index (χ1v) is 4.53. The van der Waals surface area contributed by atoms with E-state index in [9.17, 15) is 0 Å². The normalized spacial score (nSPS) is 19.2. The van der Waals surface area contributed by atoms with Crippen LogP contribution < -0.4 is 5.32 Å². The van der Waals surface area contributed by atoms with Crippen LogP contribution in [0.1, 0.15) is 25.4 Å². The van der Waals surface area contributed by atoms with Crippen molar-refractivity contribution in [3.63, 3.8) is 0 Å². The van der Waals surface area contributed by atoms with Crippen molar-refractivity contribution in [1.82, 2.24) is 5.32 Å². The maximum absolute atomic E-state index is 3.39. The van der Waals surface area contributed by atoms with Gasteiger partial charge >= 0.3 is 0 Å². The lowest BCUT2D eigenvalue weighted by molar-refractivity contribution is 0.585.